The Balaban J connectivity index is 0. The standard InChI is InChI=1S/C10H22S.C4H6O2/c1-2-3-4-5-6-7-8-9-10-11;1-3(2)4(5)6/h11H,2-10H2,1H3;1H2,2H3,(H,5,6). The number of rotatable bonds is 9. The molecule has 0 aromatic heterocycles. The SMILES string of the molecule is C=C(C)C(=O)O.CCCCCCCCCCS. The predicted molar refractivity (Wildman–Crippen MR) is 78.9 cm³/mol. The van der Waals surface area contributed by atoms with Gasteiger partial charge in [0.15, 0.2) is 0 Å². The molecule has 102 valence electrons. The van der Waals surface area contributed by atoms with Crippen molar-refractivity contribution in [3.8, 4) is 0 Å². The third-order valence-corrected chi connectivity index (χ3v) is 2.69. The molecule has 0 radical (unpaired) electrons. The zero-order valence-corrected chi connectivity index (χ0v) is 12.3. The van der Waals surface area contributed by atoms with Gasteiger partial charge in [0.1, 0.15) is 0 Å². The fourth-order valence-corrected chi connectivity index (χ4v) is 1.47. The molecule has 0 bridgehead atoms. The highest BCUT2D eigenvalue weighted by Crippen LogP contribution is 2.08. The first-order valence-corrected chi connectivity index (χ1v) is 7.19. The van der Waals surface area contributed by atoms with Crippen molar-refractivity contribution in [3.05, 3.63) is 12.2 Å². The molecule has 0 aliphatic rings. The molecule has 2 nitrogen and oxygen atoms in total. The summed E-state index contributed by atoms with van der Waals surface area (Å²) in [5, 5.41) is 7.89. The van der Waals surface area contributed by atoms with E-state index in [2.05, 4.69) is 26.1 Å². The number of aliphatic carboxylic acids is 1. The molecule has 3 heteroatoms. The summed E-state index contributed by atoms with van der Waals surface area (Å²) in [6.07, 6.45) is 11.2. The highest BCUT2D eigenvalue weighted by Gasteiger charge is 1.90. The summed E-state index contributed by atoms with van der Waals surface area (Å²) in [7, 11) is 0. The Labute approximate surface area is 112 Å². The summed E-state index contributed by atoms with van der Waals surface area (Å²) in [5.41, 5.74) is 0.176. The number of unbranched alkanes of at least 4 members (excludes halogenated alkanes) is 7. The van der Waals surface area contributed by atoms with Crippen LogP contribution in [-0.4, -0.2) is 16.8 Å². The average molecular weight is 260 g/mol. The maximum absolute atomic E-state index is 9.60. The van der Waals surface area contributed by atoms with Crippen molar-refractivity contribution in [1.82, 2.24) is 0 Å². The van der Waals surface area contributed by atoms with E-state index in [-0.39, 0.29) is 5.57 Å². The largest absolute Gasteiger partial charge is 0.478 e. The average Bonchev–Trinajstić information content (AvgIpc) is 2.29. The van der Waals surface area contributed by atoms with E-state index < -0.39 is 5.97 Å². The van der Waals surface area contributed by atoms with Crippen molar-refractivity contribution < 1.29 is 9.90 Å². The smallest absolute Gasteiger partial charge is 0.330 e. The molecule has 0 aromatic carbocycles. The van der Waals surface area contributed by atoms with Gasteiger partial charge in [-0.3, -0.25) is 0 Å². The normalized spacial score (nSPS) is 9.35. The molecule has 0 aromatic rings. The van der Waals surface area contributed by atoms with Crippen LogP contribution >= 0.6 is 12.6 Å². The molecule has 0 fully saturated rings. The number of carboxylic acid groups (broad SMARTS) is 1. The van der Waals surface area contributed by atoms with Crippen LogP contribution in [0.4, 0.5) is 0 Å². The van der Waals surface area contributed by atoms with E-state index in [1.165, 1.54) is 58.3 Å². The van der Waals surface area contributed by atoms with E-state index in [1.807, 2.05) is 0 Å². The third kappa shape index (κ3) is 21.4. The fraction of sp³-hybridized carbons (Fsp3) is 0.786. The number of thiol groups is 1. The first-order chi connectivity index (χ1) is 8.06. The predicted octanol–water partition coefficient (Wildman–Crippen LogP) is 4.70. The zero-order valence-electron chi connectivity index (χ0n) is 11.4. The minimum absolute atomic E-state index is 0.176. The van der Waals surface area contributed by atoms with Gasteiger partial charge in [-0.05, 0) is 19.1 Å². The minimum atomic E-state index is -0.935. The van der Waals surface area contributed by atoms with Gasteiger partial charge in [-0.2, -0.15) is 12.6 Å². The number of carboxylic acids is 1. The summed E-state index contributed by atoms with van der Waals surface area (Å²) in [6.45, 7) is 6.87. The van der Waals surface area contributed by atoms with E-state index in [9.17, 15) is 4.79 Å². The second kappa shape index (κ2) is 15.6. The highest BCUT2D eigenvalue weighted by molar-refractivity contribution is 7.80. The van der Waals surface area contributed by atoms with Gasteiger partial charge in [-0.15, -0.1) is 0 Å². The number of hydrogen-bond donors (Lipinski definition) is 2. The molecule has 0 unspecified atom stereocenters. The monoisotopic (exact) mass is 260 g/mol. The lowest BCUT2D eigenvalue weighted by molar-refractivity contribution is -0.132. The number of hydrogen-bond acceptors (Lipinski definition) is 2. The summed E-state index contributed by atoms with van der Waals surface area (Å²) < 4.78 is 0. The van der Waals surface area contributed by atoms with Crippen LogP contribution in [0.5, 0.6) is 0 Å². The highest BCUT2D eigenvalue weighted by atomic mass is 32.1. The second-order valence-corrected chi connectivity index (χ2v) is 4.73. The third-order valence-electron chi connectivity index (χ3n) is 2.38. The Bertz CT molecular complexity index is 171. The van der Waals surface area contributed by atoms with E-state index in [1.54, 1.807) is 0 Å². The topological polar surface area (TPSA) is 37.3 Å². The zero-order chi connectivity index (χ0) is 13.5. The van der Waals surface area contributed by atoms with Crippen LogP contribution in [0.1, 0.15) is 65.2 Å². The molecule has 0 saturated carbocycles. The lowest BCUT2D eigenvalue weighted by atomic mass is 10.1. The summed E-state index contributed by atoms with van der Waals surface area (Å²) in [6, 6.07) is 0. The first kappa shape index (κ1) is 18.9. The quantitative estimate of drug-likeness (QED) is 0.358. The second-order valence-electron chi connectivity index (χ2n) is 4.28. The van der Waals surface area contributed by atoms with Gasteiger partial charge >= 0.3 is 5.97 Å². The van der Waals surface area contributed by atoms with E-state index >= 15 is 0 Å². The van der Waals surface area contributed by atoms with Crippen LogP contribution in [-0.2, 0) is 4.79 Å². The van der Waals surface area contributed by atoms with Crippen molar-refractivity contribution in [1.29, 1.82) is 0 Å². The molecule has 0 saturated heterocycles. The van der Waals surface area contributed by atoms with Crippen molar-refractivity contribution in [2.45, 2.75) is 65.2 Å². The van der Waals surface area contributed by atoms with Crippen molar-refractivity contribution in [3.63, 3.8) is 0 Å². The lowest BCUT2D eigenvalue weighted by Gasteiger charge is -1.98. The molecule has 0 atom stereocenters. The van der Waals surface area contributed by atoms with Crippen molar-refractivity contribution in [2.24, 2.45) is 0 Å². The molecule has 0 spiro atoms. The Kier molecular flexibility index (Phi) is 17.3. The molecule has 17 heavy (non-hydrogen) atoms. The first-order valence-electron chi connectivity index (χ1n) is 6.55. The Hall–Kier alpha value is -0.440. The Morgan fingerprint density at radius 2 is 1.41 bits per heavy atom. The van der Waals surface area contributed by atoms with Crippen molar-refractivity contribution in [2.75, 3.05) is 5.75 Å². The molecule has 0 aliphatic heterocycles. The molecular formula is C14H28O2S. The Morgan fingerprint density at radius 1 is 1.06 bits per heavy atom. The maximum atomic E-state index is 9.60. The van der Waals surface area contributed by atoms with Gasteiger partial charge in [0, 0.05) is 5.57 Å². The van der Waals surface area contributed by atoms with Crippen molar-refractivity contribution >= 4 is 18.6 Å². The minimum Gasteiger partial charge on any atom is -0.478 e. The Morgan fingerprint density at radius 3 is 1.71 bits per heavy atom. The van der Waals surface area contributed by atoms with Gasteiger partial charge < -0.3 is 5.11 Å². The summed E-state index contributed by atoms with van der Waals surface area (Å²) >= 11 is 4.18. The van der Waals surface area contributed by atoms with Gasteiger partial charge in [-0.25, -0.2) is 4.79 Å². The van der Waals surface area contributed by atoms with Crippen LogP contribution in [0.25, 0.3) is 0 Å². The van der Waals surface area contributed by atoms with E-state index in [0.29, 0.717) is 0 Å². The van der Waals surface area contributed by atoms with E-state index in [0.717, 1.165) is 5.75 Å². The van der Waals surface area contributed by atoms with Crippen LogP contribution in [0.2, 0.25) is 0 Å². The molecule has 0 amide bonds. The van der Waals surface area contributed by atoms with Gasteiger partial charge in [0.25, 0.3) is 0 Å². The van der Waals surface area contributed by atoms with Crippen LogP contribution in [0, 0.1) is 0 Å². The van der Waals surface area contributed by atoms with Gasteiger partial charge in [0.2, 0.25) is 0 Å². The van der Waals surface area contributed by atoms with Gasteiger partial charge in [-0.1, -0.05) is 58.4 Å². The molecular weight excluding hydrogens is 232 g/mol. The molecule has 0 rings (SSSR count). The maximum Gasteiger partial charge on any atom is 0.330 e. The molecule has 0 aliphatic carbocycles. The molecule has 0 heterocycles. The van der Waals surface area contributed by atoms with Gasteiger partial charge in [0.05, 0.1) is 0 Å². The lowest BCUT2D eigenvalue weighted by Crippen LogP contribution is -1.92. The van der Waals surface area contributed by atoms with Crippen LogP contribution in [0.15, 0.2) is 12.2 Å². The summed E-state index contributed by atoms with van der Waals surface area (Å²) in [5.74, 6) is 0.129. The summed E-state index contributed by atoms with van der Waals surface area (Å²) in [4.78, 5) is 9.60. The fourth-order valence-electron chi connectivity index (χ4n) is 1.25. The van der Waals surface area contributed by atoms with Crippen LogP contribution < -0.4 is 0 Å². The van der Waals surface area contributed by atoms with Crippen LogP contribution in [0.3, 0.4) is 0 Å². The number of carbonyl (C=O) groups is 1. The van der Waals surface area contributed by atoms with E-state index in [4.69, 9.17) is 5.11 Å². The molecule has 1 N–H and O–H groups in total.